The van der Waals surface area contributed by atoms with Crippen LogP contribution in [0.5, 0.6) is 0 Å². The Morgan fingerprint density at radius 1 is 1.16 bits per heavy atom. The summed E-state index contributed by atoms with van der Waals surface area (Å²) in [6, 6.07) is -0.715. The molecule has 0 aromatic carbocycles. The van der Waals surface area contributed by atoms with Gasteiger partial charge >= 0.3 is 6.03 Å². The molecule has 108 valence electrons. The van der Waals surface area contributed by atoms with Crippen molar-refractivity contribution in [3.05, 3.63) is 0 Å². The zero-order valence-corrected chi connectivity index (χ0v) is 11.5. The van der Waals surface area contributed by atoms with Crippen LogP contribution >= 0.6 is 0 Å². The Morgan fingerprint density at radius 3 is 2.26 bits per heavy atom. The molecule has 0 aliphatic carbocycles. The molecule has 2 fully saturated rings. The molecule has 19 heavy (non-hydrogen) atoms. The fraction of sp³-hybridized carbons (Fsp3) is 0.818. The van der Waals surface area contributed by atoms with Gasteiger partial charge in [-0.1, -0.05) is 0 Å². The van der Waals surface area contributed by atoms with Crippen LogP contribution in [0.3, 0.4) is 0 Å². The number of nitrogens with one attached hydrogen (secondary N) is 1. The number of sulfone groups is 1. The molecule has 2 aliphatic heterocycles. The molecule has 3 N–H and O–H groups in total. The van der Waals surface area contributed by atoms with Crippen LogP contribution in [0.15, 0.2) is 0 Å². The van der Waals surface area contributed by atoms with E-state index in [-0.39, 0.29) is 29.4 Å². The van der Waals surface area contributed by atoms with Gasteiger partial charge in [-0.05, 0) is 19.3 Å². The maximum Gasteiger partial charge on any atom is 0.314 e. The largest absolute Gasteiger partial charge is 0.352 e. The van der Waals surface area contributed by atoms with E-state index in [4.69, 9.17) is 5.73 Å². The van der Waals surface area contributed by atoms with Gasteiger partial charge in [-0.2, -0.15) is 0 Å². The van der Waals surface area contributed by atoms with Gasteiger partial charge in [0.15, 0.2) is 9.84 Å². The Kier molecular flexibility index (Phi) is 3.98. The summed E-state index contributed by atoms with van der Waals surface area (Å²) in [5.74, 6) is -0.0677. The topological polar surface area (TPSA) is 110 Å². The second-order valence-corrected chi connectivity index (χ2v) is 7.44. The Hall–Kier alpha value is -1.31. The van der Waals surface area contributed by atoms with E-state index in [1.165, 1.54) is 4.90 Å². The van der Waals surface area contributed by atoms with E-state index in [1.807, 2.05) is 0 Å². The van der Waals surface area contributed by atoms with Crippen molar-refractivity contribution in [1.82, 2.24) is 10.2 Å². The smallest absolute Gasteiger partial charge is 0.314 e. The molecule has 0 aromatic heterocycles. The lowest BCUT2D eigenvalue weighted by molar-refractivity contribution is -0.126. The maximum atomic E-state index is 12.0. The Bertz CT molecular complexity index is 468. The lowest BCUT2D eigenvalue weighted by Crippen LogP contribution is -2.47. The first kappa shape index (κ1) is 14.1. The number of carbonyl (C=O) groups is 2. The van der Waals surface area contributed by atoms with Gasteiger partial charge in [-0.15, -0.1) is 0 Å². The molecule has 0 bridgehead atoms. The van der Waals surface area contributed by atoms with Crippen molar-refractivity contribution in [1.29, 1.82) is 0 Å². The summed E-state index contributed by atoms with van der Waals surface area (Å²) in [4.78, 5) is 24.5. The average molecular weight is 289 g/mol. The van der Waals surface area contributed by atoms with E-state index < -0.39 is 15.9 Å². The number of primary amides is 1. The van der Waals surface area contributed by atoms with Gasteiger partial charge in [0.2, 0.25) is 5.91 Å². The van der Waals surface area contributed by atoms with Crippen molar-refractivity contribution in [2.24, 2.45) is 11.7 Å². The molecule has 0 saturated carbocycles. The number of urea groups is 1. The molecule has 1 unspecified atom stereocenters. The highest BCUT2D eigenvalue weighted by molar-refractivity contribution is 7.91. The summed E-state index contributed by atoms with van der Waals surface area (Å²) in [5.41, 5.74) is 5.17. The number of hydrogen-bond acceptors (Lipinski definition) is 4. The molecule has 0 aromatic rings. The molecule has 2 rings (SSSR count). The fourth-order valence-corrected chi connectivity index (χ4v) is 4.26. The standard InChI is InChI=1S/C11H19N3O4S/c12-11(16)14-4-1-8(2-5-14)10(15)13-9-3-6-19(17,18)7-9/h8-9H,1-7H2,(H2,12,16)(H,13,15). The number of piperidine rings is 1. The third-order valence-corrected chi connectivity index (χ3v) is 5.52. The highest BCUT2D eigenvalue weighted by Gasteiger charge is 2.32. The number of nitrogens with zero attached hydrogens (tertiary/aromatic N) is 1. The van der Waals surface area contributed by atoms with Crippen molar-refractivity contribution in [3.8, 4) is 0 Å². The molecule has 0 radical (unpaired) electrons. The number of amides is 3. The van der Waals surface area contributed by atoms with Crippen molar-refractivity contribution in [2.75, 3.05) is 24.6 Å². The minimum Gasteiger partial charge on any atom is -0.352 e. The first-order chi connectivity index (χ1) is 8.87. The lowest BCUT2D eigenvalue weighted by Gasteiger charge is -2.30. The van der Waals surface area contributed by atoms with E-state index in [0.717, 1.165) is 0 Å². The zero-order valence-electron chi connectivity index (χ0n) is 10.7. The monoisotopic (exact) mass is 289 g/mol. The van der Waals surface area contributed by atoms with E-state index in [1.54, 1.807) is 0 Å². The predicted octanol–water partition coefficient (Wildman–Crippen LogP) is -0.920. The highest BCUT2D eigenvalue weighted by atomic mass is 32.2. The van der Waals surface area contributed by atoms with Crippen molar-refractivity contribution < 1.29 is 18.0 Å². The third kappa shape index (κ3) is 3.59. The summed E-state index contributed by atoms with van der Waals surface area (Å²) in [6.45, 7) is 0.965. The number of hydrogen-bond donors (Lipinski definition) is 2. The van der Waals surface area contributed by atoms with Gasteiger partial charge < -0.3 is 16.0 Å². The van der Waals surface area contributed by atoms with Gasteiger partial charge in [-0.3, -0.25) is 4.79 Å². The molecule has 2 saturated heterocycles. The van der Waals surface area contributed by atoms with Crippen molar-refractivity contribution in [3.63, 3.8) is 0 Å². The van der Waals surface area contributed by atoms with Gasteiger partial charge in [0, 0.05) is 25.0 Å². The second kappa shape index (κ2) is 5.36. The number of rotatable bonds is 2. The molecular weight excluding hydrogens is 270 g/mol. The Labute approximate surface area is 112 Å². The van der Waals surface area contributed by atoms with Gasteiger partial charge in [0.1, 0.15) is 0 Å². The molecule has 3 amide bonds. The van der Waals surface area contributed by atoms with Crippen LogP contribution in [-0.4, -0.2) is 55.9 Å². The van der Waals surface area contributed by atoms with Crippen LogP contribution in [-0.2, 0) is 14.6 Å². The van der Waals surface area contributed by atoms with Crippen LogP contribution < -0.4 is 11.1 Å². The minimum absolute atomic E-state index is 0.0405. The first-order valence-electron chi connectivity index (χ1n) is 6.42. The number of carbonyl (C=O) groups excluding carboxylic acids is 2. The Morgan fingerprint density at radius 2 is 1.79 bits per heavy atom. The van der Waals surface area contributed by atoms with E-state index in [0.29, 0.717) is 32.4 Å². The van der Waals surface area contributed by atoms with Crippen molar-refractivity contribution >= 4 is 21.8 Å². The summed E-state index contributed by atoms with van der Waals surface area (Å²) in [5, 5.41) is 2.80. The fourth-order valence-electron chi connectivity index (χ4n) is 2.59. The highest BCUT2D eigenvalue weighted by Crippen LogP contribution is 2.18. The minimum atomic E-state index is -2.98. The van der Waals surface area contributed by atoms with Gasteiger partial charge in [-0.25, -0.2) is 13.2 Å². The molecule has 2 heterocycles. The van der Waals surface area contributed by atoms with E-state index in [2.05, 4.69) is 5.32 Å². The molecule has 8 heteroatoms. The van der Waals surface area contributed by atoms with E-state index >= 15 is 0 Å². The summed E-state index contributed by atoms with van der Waals surface area (Å²) >= 11 is 0. The normalized spacial score (nSPS) is 27.2. The maximum absolute atomic E-state index is 12.0. The molecule has 1 atom stereocenters. The summed E-state index contributed by atoms with van der Waals surface area (Å²) in [7, 11) is -2.98. The summed E-state index contributed by atoms with van der Waals surface area (Å²) < 4.78 is 22.6. The van der Waals surface area contributed by atoms with Crippen molar-refractivity contribution in [2.45, 2.75) is 25.3 Å². The lowest BCUT2D eigenvalue weighted by atomic mass is 9.96. The molecular formula is C11H19N3O4S. The second-order valence-electron chi connectivity index (χ2n) is 5.21. The van der Waals surface area contributed by atoms with Crippen LogP contribution in [0.2, 0.25) is 0 Å². The Balaban J connectivity index is 1.81. The molecule has 7 nitrogen and oxygen atoms in total. The van der Waals surface area contributed by atoms with Gasteiger partial charge in [0.05, 0.1) is 11.5 Å². The van der Waals surface area contributed by atoms with Crippen LogP contribution in [0.25, 0.3) is 0 Å². The quantitative estimate of drug-likeness (QED) is 0.685. The summed E-state index contributed by atoms with van der Waals surface area (Å²) in [6.07, 6.45) is 1.65. The van der Waals surface area contributed by atoms with E-state index in [9.17, 15) is 18.0 Å². The number of likely N-dealkylation sites (tertiary alicyclic amines) is 1. The zero-order chi connectivity index (χ0) is 14.0. The number of nitrogens with two attached hydrogens (primary N) is 1. The first-order valence-corrected chi connectivity index (χ1v) is 8.25. The van der Waals surface area contributed by atoms with Crippen LogP contribution in [0.1, 0.15) is 19.3 Å². The van der Waals surface area contributed by atoms with Crippen LogP contribution in [0, 0.1) is 5.92 Å². The average Bonchev–Trinajstić information content (AvgIpc) is 2.68. The SMILES string of the molecule is NC(=O)N1CCC(C(=O)NC2CCS(=O)(=O)C2)CC1. The van der Waals surface area contributed by atoms with Crippen LogP contribution in [0.4, 0.5) is 4.79 Å². The molecule has 0 spiro atoms. The third-order valence-electron chi connectivity index (χ3n) is 3.76. The predicted molar refractivity (Wildman–Crippen MR) is 69.1 cm³/mol. The molecule has 2 aliphatic rings. The van der Waals surface area contributed by atoms with Gasteiger partial charge in [0.25, 0.3) is 0 Å².